The smallest absolute Gasteiger partial charge is 0.367 e. The molecule has 2 atom stereocenters. The zero-order valence-electron chi connectivity index (χ0n) is 15.1. The van der Waals surface area contributed by atoms with Crippen molar-refractivity contribution in [2.75, 3.05) is 29.6 Å². The Kier molecular flexibility index (Phi) is 6.74. The number of nitrogens with one attached hydrogen (secondary N) is 1. The van der Waals surface area contributed by atoms with Crippen molar-refractivity contribution >= 4 is 40.5 Å². The Balaban J connectivity index is 1.87. The molecular formula is C16H22F3N5OS2. The van der Waals surface area contributed by atoms with Crippen molar-refractivity contribution < 1.29 is 17.9 Å². The number of alkyl halides is 3. The molecule has 2 aromatic rings. The predicted molar refractivity (Wildman–Crippen MR) is 102 cm³/mol. The van der Waals surface area contributed by atoms with E-state index in [-0.39, 0.29) is 18.1 Å². The fourth-order valence-electron chi connectivity index (χ4n) is 2.81. The first-order chi connectivity index (χ1) is 12.9. The molecule has 0 amide bonds. The molecule has 6 nitrogen and oxygen atoms in total. The van der Waals surface area contributed by atoms with Gasteiger partial charge in [0, 0.05) is 18.1 Å². The number of hydrogen-bond acceptors (Lipinski definition) is 7. The third-order valence-electron chi connectivity index (χ3n) is 4.14. The van der Waals surface area contributed by atoms with Crippen molar-refractivity contribution in [3.8, 4) is 0 Å². The fourth-order valence-corrected chi connectivity index (χ4v) is 3.94. The van der Waals surface area contributed by atoms with Gasteiger partial charge in [-0.25, -0.2) is 15.0 Å². The Bertz CT molecular complexity index is 770. The zero-order valence-corrected chi connectivity index (χ0v) is 16.8. The lowest BCUT2D eigenvalue weighted by Gasteiger charge is -2.14. The van der Waals surface area contributed by atoms with Gasteiger partial charge in [-0.1, -0.05) is 11.8 Å². The Morgan fingerprint density at radius 2 is 2.11 bits per heavy atom. The van der Waals surface area contributed by atoms with Crippen LogP contribution >= 0.6 is 23.5 Å². The first-order valence-corrected chi connectivity index (χ1v) is 11.1. The molecule has 0 radical (unpaired) electrons. The van der Waals surface area contributed by atoms with Crippen LogP contribution in [0.3, 0.4) is 0 Å². The molecule has 0 saturated carbocycles. The van der Waals surface area contributed by atoms with E-state index in [1.165, 1.54) is 0 Å². The molecule has 3 rings (SSSR count). The number of imidazole rings is 1. The summed E-state index contributed by atoms with van der Waals surface area (Å²) in [6.45, 7) is 2.70. The van der Waals surface area contributed by atoms with E-state index in [1.807, 2.05) is 17.7 Å². The first-order valence-electron chi connectivity index (χ1n) is 8.70. The van der Waals surface area contributed by atoms with Crippen LogP contribution < -0.4 is 5.32 Å². The average molecular weight is 422 g/mol. The van der Waals surface area contributed by atoms with Gasteiger partial charge in [-0.15, -0.1) is 0 Å². The minimum absolute atomic E-state index is 0.121. The molecule has 1 fully saturated rings. The minimum atomic E-state index is -4.19. The summed E-state index contributed by atoms with van der Waals surface area (Å²) >= 11 is 2.69. The predicted octanol–water partition coefficient (Wildman–Crippen LogP) is 4.34. The number of rotatable bonds is 8. The molecule has 1 saturated heterocycles. The molecule has 150 valence electrons. The highest BCUT2D eigenvalue weighted by molar-refractivity contribution is 7.99. The lowest BCUT2D eigenvalue weighted by molar-refractivity contribution is -0.129. The topological polar surface area (TPSA) is 64.9 Å². The van der Waals surface area contributed by atoms with Gasteiger partial charge in [0.15, 0.2) is 22.1 Å². The molecule has 0 bridgehead atoms. The number of thioether (sulfide) groups is 2. The number of halogens is 3. The van der Waals surface area contributed by atoms with Crippen LogP contribution in [0.2, 0.25) is 0 Å². The second-order valence-corrected chi connectivity index (χ2v) is 8.34. The van der Waals surface area contributed by atoms with E-state index in [0.717, 1.165) is 30.4 Å². The van der Waals surface area contributed by atoms with Crippen molar-refractivity contribution in [1.29, 1.82) is 0 Å². The van der Waals surface area contributed by atoms with Crippen LogP contribution in [-0.4, -0.2) is 56.1 Å². The van der Waals surface area contributed by atoms with E-state index in [2.05, 4.69) is 20.3 Å². The van der Waals surface area contributed by atoms with E-state index in [1.54, 1.807) is 18.1 Å². The Labute approximate surface area is 164 Å². The lowest BCUT2D eigenvalue weighted by atomic mass is 10.2. The molecule has 2 unspecified atom stereocenters. The third kappa shape index (κ3) is 5.41. The van der Waals surface area contributed by atoms with Crippen LogP contribution in [0.5, 0.6) is 0 Å². The molecule has 0 spiro atoms. The SMILES string of the molecule is CSCCNc1nc(SCCC(F)(F)F)nc2c1ncn2C1CCC(C)O1. The minimum Gasteiger partial charge on any atom is -0.367 e. The van der Waals surface area contributed by atoms with Crippen molar-refractivity contribution in [3.05, 3.63) is 6.33 Å². The summed E-state index contributed by atoms with van der Waals surface area (Å²) in [6, 6.07) is 0. The maximum absolute atomic E-state index is 12.5. The number of fused-ring (bicyclic) bond motifs is 1. The van der Waals surface area contributed by atoms with Gasteiger partial charge in [-0.2, -0.15) is 24.9 Å². The largest absolute Gasteiger partial charge is 0.389 e. The lowest BCUT2D eigenvalue weighted by Crippen LogP contribution is -2.11. The summed E-state index contributed by atoms with van der Waals surface area (Å²) in [5.74, 6) is 1.31. The maximum Gasteiger partial charge on any atom is 0.389 e. The molecule has 2 aromatic heterocycles. The molecule has 1 N–H and O–H groups in total. The number of nitrogens with zero attached hydrogens (tertiary/aromatic N) is 4. The second kappa shape index (κ2) is 8.87. The van der Waals surface area contributed by atoms with Crippen molar-refractivity contribution in [2.45, 2.75) is 49.9 Å². The molecular weight excluding hydrogens is 399 g/mol. The standard InChI is InChI=1S/C16H22F3N5OS2/c1-10-3-4-11(25-10)24-9-21-12-13(20-6-8-26-2)22-15(23-14(12)24)27-7-5-16(17,18)19/h9-11H,3-8H2,1-2H3,(H,20,22,23). The number of hydrogen-bond donors (Lipinski definition) is 1. The van der Waals surface area contributed by atoms with Crippen molar-refractivity contribution in [3.63, 3.8) is 0 Å². The first kappa shape index (κ1) is 20.5. The second-order valence-electron chi connectivity index (χ2n) is 6.29. The highest BCUT2D eigenvalue weighted by Gasteiger charge is 2.28. The fraction of sp³-hybridized carbons (Fsp3) is 0.688. The van der Waals surface area contributed by atoms with Gasteiger partial charge in [0.1, 0.15) is 6.23 Å². The van der Waals surface area contributed by atoms with Gasteiger partial charge >= 0.3 is 6.18 Å². The van der Waals surface area contributed by atoms with Crippen LogP contribution in [0.1, 0.15) is 32.4 Å². The van der Waals surface area contributed by atoms with Crippen molar-refractivity contribution in [1.82, 2.24) is 19.5 Å². The van der Waals surface area contributed by atoms with Gasteiger partial charge in [0.2, 0.25) is 0 Å². The van der Waals surface area contributed by atoms with E-state index in [4.69, 9.17) is 4.74 Å². The normalized spacial score (nSPS) is 20.5. The van der Waals surface area contributed by atoms with Gasteiger partial charge in [-0.05, 0) is 26.0 Å². The zero-order chi connectivity index (χ0) is 19.4. The van der Waals surface area contributed by atoms with E-state index in [9.17, 15) is 13.2 Å². The van der Waals surface area contributed by atoms with Crippen molar-refractivity contribution in [2.24, 2.45) is 0 Å². The number of ether oxygens (including phenoxy) is 1. The Morgan fingerprint density at radius 1 is 1.30 bits per heavy atom. The average Bonchev–Trinajstić information content (AvgIpc) is 3.20. The Hall–Kier alpha value is -1.20. The van der Waals surface area contributed by atoms with Gasteiger partial charge in [-0.3, -0.25) is 4.57 Å². The van der Waals surface area contributed by atoms with Crippen LogP contribution in [-0.2, 0) is 4.74 Å². The molecule has 0 aromatic carbocycles. The molecule has 1 aliphatic rings. The monoisotopic (exact) mass is 421 g/mol. The van der Waals surface area contributed by atoms with Gasteiger partial charge in [0.25, 0.3) is 0 Å². The molecule has 3 heterocycles. The van der Waals surface area contributed by atoms with Gasteiger partial charge < -0.3 is 10.1 Å². The van der Waals surface area contributed by atoms with E-state index in [0.29, 0.717) is 28.7 Å². The Morgan fingerprint density at radius 3 is 2.78 bits per heavy atom. The quantitative estimate of drug-likeness (QED) is 0.386. The van der Waals surface area contributed by atoms with Gasteiger partial charge in [0.05, 0.1) is 18.9 Å². The summed E-state index contributed by atoms with van der Waals surface area (Å²) in [4.78, 5) is 13.3. The summed E-state index contributed by atoms with van der Waals surface area (Å²) in [5, 5.41) is 3.54. The van der Waals surface area contributed by atoms with E-state index >= 15 is 0 Å². The van der Waals surface area contributed by atoms with Crippen LogP contribution in [0.25, 0.3) is 11.2 Å². The summed E-state index contributed by atoms with van der Waals surface area (Å²) in [7, 11) is 0. The number of anilines is 1. The summed E-state index contributed by atoms with van der Waals surface area (Å²) in [5.41, 5.74) is 1.20. The van der Waals surface area contributed by atoms with E-state index < -0.39 is 12.6 Å². The molecule has 1 aliphatic heterocycles. The molecule has 0 aliphatic carbocycles. The summed E-state index contributed by atoms with van der Waals surface area (Å²) < 4.78 is 45.1. The highest BCUT2D eigenvalue weighted by atomic mass is 32.2. The third-order valence-corrected chi connectivity index (χ3v) is 5.60. The number of aromatic nitrogens is 4. The maximum atomic E-state index is 12.5. The molecule has 11 heteroatoms. The van der Waals surface area contributed by atoms with Crippen LogP contribution in [0.4, 0.5) is 19.0 Å². The molecule has 27 heavy (non-hydrogen) atoms. The summed E-state index contributed by atoms with van der Waals surface area (Å²) in [6.07, 6.45) is 0.406. The highest BCUT2D eigenvalue weighted by Crippen LogP contribution is 2.33. The van der Waals surface area contributed by atoms with Crippen LogP contribution in [0.15, 0.2) is 11.5 Å². The van der Waals surface area contributed by atoms with Crippen LogP contribution in [0, 0.1) is 0 Å².